The Bertz CT molecular complexity index is 373. The third kappa shape index (κ3) is 1.66. The van der Waals surface area contributed by atoms with E-state index in [1.165, 1.54) is 18.6 Å². The van der Waals surface area contributed by atoms with Crippen LogP contribution in [-0.2, 0) is 6.54 Å². The Balaban J connectivity index is 1.93. The predicted molar refractivity (Wildman–Crippen MR) is 63.5 cm³/mol. The third-order valence-corrected chi connectivity index (χ3v) is 4.92. The average Bonchev–Trinajstić information content (AvgIpc) is 2.96. The van der Waals surface area contributed by atoms with Gasteiger partial charge < -0.3 is 9.67 Å². The third-order valence-electron chi connectivity index (χ3n) is 3.55. The van der Waals surface area contributed by atoms with Crippen molar-refractivity contribution in [2.75, 3.05) is 12.4 Å². The fourth-order valence-corrected chi connectivity index (χ4v) is 3.95. The summed E-state index contributed by atoms with van der Waals surface area (Å²) in [5.41, 5.74) is 0. The highest BCUT2D eigenvalue weighted by molar-refractivity contribution is 7.99. The van der Waals surface area contributed by atoms with E-state index in [2.05, 4.69) is 14.8 Å². The largest absolute Gasteiger partial charge is 0.396 e. The Labute approximate surface area is 99.4 Å². The highest BCUT2D eigenvalue weighted by Crippen LogP contribution is 2.40. The van der Waals surface area contributed by atoms with Crippen molar-refractivity contribution in [1.82, 2.24) is 14.8 Å². The summed E-state index contributed by atoms with van der Waals surface area (Å²) < 4.78 is 2.26. The van der Waals surface area contributed by atoms with Crippen molar-refractivity contribution in [3.05, 3.63) is 11.6 Å². The molecule has 3 rings (SSSR count). The molecule has 4 nitrogen and oxygen atoms in total. The Morgan fingerprint density at radius 1 is 1.25 bits per heavy atom. The van der Waals surface area contributed by atoms with Crippen molar-refractivity contribution in [3.8, 4) is 0 Å². The minimum absolute atomic E-state index is 0.204. The quantitative estimate of drug-likeness (QED) is 0.853. The normalized spacial score (nSPS) is 29.3. The fourth-order valence-electron chi connectivity index (χ4n) is 2.68. The summed E-state index contributed by atoms with van der Waals surface area (Å²) in [5.74, 6) is 3.62. The van der Waals surface area contributed by atoms with E-state index in [4.69, 9.17) is 0 Å². The van der Waals surface area contributed by atoms with Crippen LogP contribution < -0.4 is 0 Å². The summed E-state index contributed by atoms with van der Waals surface area (Å²) in [6.45, 7) is 1.24. The first-order chi connectivity index (χ1) is 7.90. The molecule has 0 spiro atoms. The van der Waals surface area contributed by atoms with E-state index in [0.29, 0.717) is 5.25 Å². The molecule has 16 heavy (non-hydrogen) atoms. The smallest absolute Gasteiger partial charge is 0.146 e. The van der Waals surface area contributed by atoms with Gasteiger partial charge >= 0.3 is 0 Å². The van der Waals surface area contributed by atoms with Crippen LogP contribution in [0.15, 0.2) is 0 Å². The first kappa shape index (κ1) is 10.6. The Kier molecular flexibility index (Phi) is 2.90. The molecule has 1 aromatic rings. The Morgan fingerprint density at radius 3 is 2.88 bits per heavy atom. The highest BCUT2D eigenvalue weighted by atomic mass is 32.2. The molecule has 2 aliphatic heterocycles. The summed E-state index contributed by atoms with van der Waals surface area (Å²) in [6, 6.07) is 0. The molecule has 0 bridgehead atoms. The number of aliphatic hydroxyl groups is 1. The monoisotopic (exact) mass is 239 g/mol. The van der Waals surface area contributed by atoms with E-state index in [1.54, 1.807) is 0 Å². The first-order valence-corrected chi connectivity index (χ1v) is 7.10. The van der Waals surface area contributed by atoms with Crippen LogP contribution in [-0.4, -0.2) is 32.2 Å². The van der Waals surface area contributed by atoms with E-state index in [9.17, 15) is 5.11 Å². The maximum atomic E-state index is 9.33. The van der Waals surface area contributed by atoms with Gasteiger partial charge in [-0.05, 0) is 31.4 Å². The zero-order chi connectivity index (χ0) is 11.0. The molecule has 1 saturated heterocycles. The van der Waals surface area contributed by atoms with Gasteiger partial charge in [-0.15, -0.1) is 10.2 Å². The number of aromatic nitrogens is 3. The average molecular weight is 239 g/mol. The molecule has 0 saturated carbocycles. The number of fused-ring (bicyclic) bond motifs is 1. The van der Waals surface area contributed by atoms with Crippen LogP contribution in [0.5, 0.6) is 0 Å². The number of aliphatic hydroxyl groups excluding tert-OH is 1. The summed E-state index contributed by atoms with van der Waals surface area (Å²) in [5, 5.41) is 18.5. The van der Waals surface area contributed by atoms with E-state index in [0.717, 1.165) is 31.0 Å². The van der Waals surface area contributed by atoms with Gasteiger partial charge in [-0.25, -0.2) is 0 Å². The SMILES string of the molecule is OCC1CCCn2c1nnc2C1CCCS1. The van der Waals surface area contributed by atoms with Crippen LogP contribution in [0.25, 0.3) is 0 Å². The zero-order valence-corrected chi connectivity index (χ0v) is 10.1. The predicted octanol–water partition coefficient (Wildman–Crippen LogP) is 1.72. The molecule has 2 atom stereocenters. The molecule has 0 aliphatic carbocycles. The number of nitrogens with zero attached hydrogens (tertiary/aromatic N) is 3. The molecule has 0 amide bonds. The lowest BCUT2D eigenvalue weighted by Crippen LogP contribution is -2.20. The summed E-state index contributed by atoms with van der Waals surface area (Å²) in [4.78, 5) is 0. The van der Waals surface area contributed by atoms with E-state index < -0.39 is 0 Å². The van der Waals surface area contributed by atoms with Gasteiger partial charge in [0, 0.05) is 12.5 Å². The van der Waals surface area contributed by atoms with E-state index in [1.807, 2.05) is 11.8 Å². The van der Waals surface area contributed by atoms with E-state index in [-0.39, 0.29) is 12.5 Å². The maximum Gasteiger partial charge on any atom is 0.146 e. The maximum absolute atomic E-state index is 9.33. The molecule has 88 valence electrons. The molecule has 2 aliphatic rings. The van der Waals surface area contributed by atoms with Gasteiger partial charge in [-0.1, -0.05) is 0 Å². The lowest BCUT2D eigenvalue weighted by molar-refractivity contribution is 0.237. The van der Waals surface area contributed by atoms with Crippen molar-refractivity contribution in [1.29, 1.82) is 0 Å². The number of rotatable bonds is 2. The van der Waals surface area contributed by atoms with Crippen LogP contribution in [0.1, 0.15) is 48.5 Å². The molecule has 1 aromatic heterocycles. The van der Waals surface area contributed by atoms with Crippen molar-refractivity contribution in [2.45, 2.75) is 43.4 Å². The lowest BCUT2D eigenvalue weighted by Gasteiger charge is -2.22. The van der Waals surface area contributed by atoms with Gasteiger partial charge in [0.15, 0.2) is 0 Å². The highest BCUT2D eigenvalue weighted by Gasteiger charge is 2.29. The van der Waals surface area contributed by atoms with E-state index >= 15 is 0 Å². The van der Waals surface area contributed by atoms with Crippen molar-refractivity contribution in [2.24, 2.45) is 0 Å². The zero-order valence-electron chi connectivity index (χ0n) is 9.30. The molecule has 0 radical (unpaired) electrons. The second-order valence-corrected chi connectivity index (χ2v) is 5.90. The number of thioether (sulfide) groups is 1. The minimum atomic E-state index is 0.204. The molecular formula is C11H17N3OS. The molecule has 1 fully saturated rings. The van der Waals surface area contributed by atoms with Crippen molar-refractivity contribution in [3.63, 3.8) is 0 Å². The van der Waals surface area contributed by atoms with Gasteiger partial charge in [0.1, 0.15) is 11.6 Å². The summed E-state index contributed by atoms with van der Waals surface area (Å²) >= 11 is 2.00. The van der Waals surface area contributed by atoms with Gasteiger partial charge in [0.05, 0.1) is 11.9 Å². The summed E-state index contributed by atoms with van der Waals surface area (Å²) in [6.07, 6.45) is 4.71. The van der Waals surface area contributed by atoms with Gasteiger partial charge in [0.2, 0.25) is 0 Å². The number of hydrogen-bond donors (Lipinski definition) is 1. The minimum Gasteiger partial charge on any atom is -0.396 e. The first-order valence-electron chi connectivity index (χ1n) is 6.05. The molecule has 3 heterocycles. The van der Waals surface area contributed by atoms with Gasteiger partial charge in [-0.2, -0.15) is 11.8 Å². The molecule has 1 N–H and O–H groups in total. The van der Waals surface area contributed by atoms with Gasteiger partial charge in [-0.3, -0.25) is 0 Å². The lowest BCUT2D eigenvalue weighted by atomic mass is 10.00. The molecule has 2 unspecified atom stereocenters. The van der Waals surface area contributed by atoms with Gasteiger partial charge in [0.25, 0.3) is 0 Å². The Hall–Kier alpha value is -0.550. The van der Waals surface area contributed by atoms with Crippen LogP contribution >= 0.6 is 11.8 Å². The van der Waals surface area contributed by atoms with Crippen LogP contribution in [0.4, 0.5) is 0 Å². The van der Waals surface area contributed by atoms with Crippen molar-refractivity contribution >= 4 is 11.8 Å². The Morgan fingerprint density at radius 2 is 2.12 bits per heavy atom. The standard InChI is InChI=1S/C11H17N3OS/c15-7-8-3-1-5-14-10(8)12-13-11(14)9-4-2-6-16-9/h8-9,15H,1-7H2. The number of hydrogen-bond acceptors (Lipinski definition) is 4. The topological polar surface area (TPSA) is 50.9 Å². The molecule has 5 heteroatoms. The van der Waals surface area contributed by atoms with Crippen LogP contribution in [0.3, 0.4) is 0 Å². The second kappa shape index (κ2) is 4.37. The van der Waals surface area contributed by atoms with Crippen molar-refractivity contribution < 1.29 is 5.11 Å². The fraction of sp³-hybridized carbons (Fsp3) is 0.818. The summed E-state index contributed by atoms with van der Waals surface area (Å²) in [7, 11) is 0. The van der Waals surface area contributed by atoms with Crippen LogP contribution in [0, 0.1) is 0 Å². The second-order valence-electron chi connectivity index (χ2n) is 4.59. The molecular weight excluding hydrogens is 222 g/mol. The molecule has 0 aromatic carbocycles. The van der Waals surface area contributed by atoms with Crippen LogP contribution in [0.2, 0.25) is 0 Å².